The van der Waals surface area contributed by atoms with E-state index in [2.05, 4.69) is 16.3 Å². The van der Waals surface area contributed by atoms with Gasteiger partial charge in [0.15, 0.2) is 0 Å². The zero-order chi connectivity index (χ0) is 18.9. The van der Waals surface area contributed by atoms with Gasteiger partial charge < -0.3 is 19.4 Å². The number of alkyl carbamates (subject to hydrolysis) is 1. The summed E-state index contributed by atoms with van der Waals surface area (Å²) < 4.78 is 17.2. The molecular formula is C18H33BN2O4. The second-order valence-corrected chi connectivity index (χ2v) is 8.94. The smallest absolute Gasteiger partial charge is 0.444 e. The Morgan fingerprint density at radius 1 is 1.28 bits per heavy atom. The van der Waals surface area contributed by atoms with Gasteiger partial charge in [-0.05, 0) is 54.9 Å². The first kappa shape index (κ1) is 20.3. The standard InChI is InChI=1S/C18H33BN2O4/c1-16(2,3)23-15(22)20-14-9-12-21(13-14)11-8-10-19-24-17(4,5)18(6,7)25-19/h8,10,14H,9,11-13H2,1-7H3,(H,20,22)/b10-8+/t14-/m1/s1. The van der Waals surface area contributed by atoms with E-state index in [1.165, 1.54) is 0 Å². The van der Waals surface area contributed by atoms with Crippen LogP contribution in [0.4, 0.5) is 4.79 Å². The van der Waals surface area contributed by atoms with E-state index >= 15 is 0 Å². The monoisotopic (exact) mass is 352 g/mol. The fourth-order valence-corrected chi connectivity index (χ4v) is 2.88. The van der Waals surface area contributed by atoms with Crippen molar-refractivity contribution >= 4 is 13.2 Å². The molecule has 1 N–H and O–H groups in total. The van der Waals surface area contributed by atoms with Gasteiger partial charge in [-0.15, -0.1) is 0 Å². The maximum Gasteiger partial charge on any atom is 0.486 e. The lowest BCUT2D eigenvalue weighted by atomic mass is 9.90. The Bertz CT molecular complexity index is 498. The Morgan fingerprint density at radius 2 is 1.88 bits per heavy atom. The molecule has 0 saturated carbocycles. The molecule has 0 radical (unpaired) electrons. The minimum atomic E-state index is -0.464. The number of hydrogen-bond acceptors (Lipinski definition) is 5. The zero-order valence-electron chi connectivity index (χ0n) is 16.7. The molecule has 2 aliphatic rings. The van der Waals surface area contributed by atoms with Crippen LogP contribution in [0.5, 0.6) is 0 Å². The van der Waals surface area contributed by atoms with E-state index in [9.17, 15) is 4.79 Å². The maximum absolute atomic E-state index is 11.8. The van der Waals surface area contributed by atoms with Crippen molar-refractivity contribution in [3.8, 4) is 0 Å². The van der Waals surface area contributed by atoms with Crippen LogP contribution in [0.3, 0.4) is 0 Å². The third kappa shape index (κ3) is 5.73. The van der Waals surface area contributed by atoms with Gasteiger partial charge in [-0.1, -0.05) is 12.1 Å². The number of rotatable bonds is 4. The van der Waals surface area contributed by atoms with E-state index in [0.29, 0.717) is 0 Å². The quantitative estimate of drug-likeness (QED) is 0.789. The molecule has 142 valence electrons. The Balaban J connectivity index is 1.72. The summed E-state index contributed by atoms with van der Waals surface area (Å²) in [4.78, 5) is 14.1. The van der Waals surface area contributed by atoms with E-state index in [-0.39, 0.29) is 30.5 Å². The Labute approximate surface area is 152 Å². The lowest BCUT2D eigenvalue weighted by Gasteiger charge is -2.32. The second kappa shape index (κ2) is 7.29. The Morgan fingerprint density at radius 3 is 2.44 bits per heavy atom. The summed E-state index contributed by atoms with van der Waals surface area (Å²) in [5, 5.41) is 2.94. The van der Waals surface area contributed by atoms with Crippen LogP contribution < -0.4 is 5.32 Å². The number of amides is 1. The largest absolute Gasteiger partial charge is 0.486 e. The van der Waals surface area contributed by atoms with Crippen LogP contribution in [0.2, 0.25) is 0 Å². The number of ether oxygens (including phenoxy) is 1. The van der Waals surface area contributed by atoms with Gasteiger partial charge in [-0.3, -0.25) is 4.90 Å². The van der Waals surface area contributed by atoms with Crippen molar-refractivity contribution in [2.45, 2.75) is 77.7 Å². The molecule has 6 nitrogen and oxygen atoms in total. The molecular weight excluding hydrogens is 319 g/mol. The minimum Gasteiger partial charge on any atom is -0.444 e. The summed E-state index contributed by atoms with van der Waals surface area (Å²) in [6, 6.07) is 0.139. The average Bonchev–Trinajstić information content (AvgIpc) is 2.89. The zero-order valence-corrected chi connectivity index (χ0v) is 16.7. The van der Waals surface area contributed by atoms with Crippen LogP contribution in [-0.2, 0) is 14.0 Å². The molecule has 0 aromatic heterocycles. The van der Waals surface area contributed by atoms with Gasteiger partial charge in [-0.25, -0.2) is 4.79 Å². The van der Waals surface area contributed by atoms with Crippen molar-refractivity contribution in [1.82, 2.24) is 10.2 Å². The summed E-state index contributed by atoms with van der Waals surface area (Å²) in [7, 11) is -0.303. The van der Waals surface area contributed by atoms with Crippen molar-refractivity contribution in [2.24, 2.45) is 0 Å². The molecule has 2 rings (SSSR count). The molecule has 0 aliphatic carbocycles. The summed E-state index contributed by atoms with van der Waals surface area (Å²) in [5.74, 6) is 1.98. The van der Waals surface area contributed by atoms with Crippen molar-refractivity contribution in [3.05, 3.63) is 12.1 Å². The summed E-state index contributed by atoms with van der Waals surface area (Å²) in [6.07, 6.45) is 2.67. The molecule has 1 amide bonds. The van der Waals surface area contributed by atoms with Gasteiger partial charge in [-0.2, -0.15) is 0 Å². The molecule has 25 heavy (non-hydrogen) atoms. The summed E-state index contributed by atoms with van der Waals surface area (Å²) in [6.45, 7) is 16.4. The number of nitrogens with zero attached hydrogens (tertiary/aromatic N) is 1. The molecule has 0 spiro atoms. The highest BCUT2D eigenvalue weighted by molar-refractivity contribution is 6.51. The van der Waals surface area contributed by atoms with E-state index in [0.717, 1.165) is 26.1 Å². The van der Waals surface area contributed by atoms with Gasteiger partial charge in [0.05, 0.1) is 11.2 Å². The maximum atomic E-state index is 11.8. The van der Waals surface area contributed by atoms with E-state index in [4.69, 9.17) is 14.0 Å². The van der Waals surface area contributed by atoms with E-state index < -0.39 is 5.60 Å². The van der Waals surface area contributed by atoms with E-state index in [1.54, 1.807) is 0 Å². The SMILES string of the molecule is CC(C)(C)OC(=O)N[C@@H]1CCN(C/C=C/B2OC(C)(C)C(C)(C)O2)C1. The average molecular weight is 352 g/mol. The van der Waals surface area contributed by atoms with Crippen molar-refractivity contribution < 1.29 is 18.8 Å². The van der Waals surface area contributed by atoms with Crippen molar-refractivity contribution in [2.75, 3.05) is 19.6 Å². The normalized spacial score (nSPS) is 26.4. The molecule has 2 fully saturated rings. The van der Waals surface area contributed by atoms with Crippen molar-refractivity contribution in [3.63, 3.8) is 0 Å². The van der Waals surface area contributed by atoms with Gasteiger partial charge in [0.2, 0.25) is 0 Å². The summed E-state index contributed by atoms with van der Waals surface area (Å²) >= 11 is 0. The second-order valence-electron chi connectivity index (χ2n) is 8.94. The predicted molar refractivity (Wildman–Crippen MR) is 99.4 cm³/mol. The third-order valence-corrected chi connectivity index (χ3v) is 4.92. The molecule has 7 heteroatoms. The number of carbonyl (C=O) groups is 1. The fraction of sp³-hybridized carbons (Fsp3) is 0.833. The van der Waals surface area contributed by atoms with Gasteiger partial charge in [0.1, 0.15) is 5.60 Å². The predicted octanol–water partition coefficient (Wildman–Crippen LogP) is 2.77. The highest BCUT2D eigenvalue weighted by Gasteiger charge is 2.50. The summed E-state index contributed by atoms with van der Waals surface area (Å²) in [5.41, 5.74) is -1.08. The van der Waals surface area contributed by atoms with Crippen LogP contribution in [0.25, 0.3) is 0 Å². The topological polar surface area (TPSA) is 60.0 Å². The van der Waals surface area contributed by atoms with Gasteiger partial charge in [0.25, 0.3) is 0 Å². The lowest BCUT2D eigenvalue weighted by Crippen LogP contribution is -2.41. The molecule has 2 aliphatic heterocycles. The number of hydrogen-bond donors (Lipinski definition) is 1. The van der Waals surface area contributed by atoms with Gasteiger partial charge in [0, 0.05) is 25.7 Å². The minimum absolute atomic E-state index is 0.139. The van der Waals surface area contributed by atoms with Crippen LogP contribution in [0.15, 0.2) is 12.1 Å². The Hall–Kier alpha value is -1.05. The van der Waals surface area contributed by atoms with E-state index in [1.807, 2.05) is 54.4 Å². The first-order chi connectivity index (χ1) is 11.4. The van der Waals surface area contributed by atoms with Crippen LogP contribution in [-0.4, -0.2) is 60.6 Å². The highest BCUT2D eigenvalue weighted by Crippen LogP contribution is 2.36. The van der Waals surface area contributed by atoms with Crippen LogP contribution >= 0.6 is 0 Å². The van der Waals surface area contributed by atoms with Crippen LogP contribution in [0.1, 0.15) is 54.9 Å². The lowest BCUT2D eigenvalue weighted by molar-refractivity contribution is 0.00578. The number of nitrogens with one attached hydrogen (secondary N) is 1. The fourth-order valence-electron chi connectivity index (χ4n) is 2.88. The molecule has 0 aromatic rings. The first-order valence-corrected chi connectivity index (χ1v) is 9.12. The molecule has 0 unspecified atom stereocenters. The Kier molecular flexibility index (Phi) is 5.91. The van der Waals surface area contributed by atoms with Gasteiger partial charge >= 0.3 is 13.2 Å². The molecule has 2 saturated heterocycles. The molecule has 0 aromatic carbocycles. The van der Waals surface area contributed by atoms with Crippen molar-refractivity contribution in [1.29, 1.82) is 0 Å². The number of likely N-dealkylation sites (tertiary alicyclic amines) is 1. The molecule has 2 heterocycles. The first-order valence-electron chi connectivity index (χ1n) is 9.12. The highest BCUT2D eigenvalue weighted by atomic mass is 16.7. The number of carbonyl (C=O) groups excluding carboxylic acids is 1. The van der Waals surface area contributed by atoms with Crippen LogP contribution in [0, 0.1) is 0 Å². The molecule has 0 bridgehead atoms. The third-order valence-electron chi connectivity index (χ3n) is 4.92. The molecule has 1 atom stereocenters.